The lowest BCUT2D eigenvalue weighted by Gasteiger charge is -2.36. The summed E-state index contributed by atoms with van der Waals surface area (Å²) in [4.78, 5) is 13.3. The molecule has 3 atom stereocenters. The first-order valence-corrected chi connectivity index (χ1v) is 12.7. The van der Waals surface area contributed by atoms with Crippen molar-refractivity contribution >= 4 is 5.97 Å². The zero-order valence-electron chi connectivity index (χ0n) is 20.0. The number of morpholine rings is 1. The lowest BCUT2D eigenvalue weighted by molar-refractivity contribution is -0.136. The Labute approximate surface area is 203 Å². The molecule has 2 fully saturated rings. The quantitative estimate of drug-likeness (QED) is 0.443. The van der Waals surface area contributed by atoms with Gasteiger partial charge in [0.2, 0.25) is 0 Å². The SMILES string of the molecule is O=C(O)CC/C=C/CCC1C(OCc2ccc(-c3ccccc3)cc2)CCC1N1CCOCC1. The van der Waals surface area contributed by atoms with Crippen molar-refractivity contribution < 1.29 is 19.4 Å². The zero-order chi connectivity index (χ0) is 23.6. The van der Waals surface area contributed by atoms with Crippen molar-refractivity contribution in [3.05, 3.63) is 72.3 Å². The average Bonchev–Trinajstić information content (AvgIpc) is 3.28. The number of ether oxygens (including phenoxy) is 2. The Balaban J connectivity index is 1.34. The summed E-state index contributed by atoms with van der Waals surface area (Å²) in [5, 5.41) is 8.82. The largest absolute Gasteiger partial charge is 0.481 e. The number of carboxylic acid groups (broad SMARTS) is 1. The molecule has 5 nitrogen and oxygen atoms in total. The Morgan fingerprint density at radius 1 is 0.971 bits per heavy atom. The first-order valence-electron chi connectivity index (χ1n) is 12.7. The molecule has 0 radical (unpaired) electrons. The van der Waals surface area contributed by atoms with Crippen molar-refractivity contribution in [1.82, 2.24) is 4.90 Å². The Morgan fingerprint density at radius 2 is 1.68 bits per heavy atom. The van der Waals surface area contributed by atoms with E-state index >= 15 is 0 Å². The summed E-state index contributed by atoms with van der Waals surface area (Å²) in [6.07, 6.45) is 9.53. The first-order chi connectivity index (χ1) is 16.7. The topological polar surface area (TPSA) is 59.0 Å². The third kappa shape index (κ3) is 7.02. The smallest absolute Gasteiger partial charge is 0.303 e. The molecule has 1 N–H and O–H groups in total. The van der Waals surface area contributed by atoms with Gasteiger partial charge in [0.1, 0.15) is 0 Å². The number of allylic oxidation sites excluding steroid dienone is 2. The molecule has 3 unspecified atom stereocenters. The van der Waals surface area contributed by atoms with Gasteiger partial charge in [-0.2, -0.15) is 0 Å². The number of carbonyl (C=O) groups is 1. The first kappa shape index (κ1) is 24.6. The minimum Gasteiger partial charge on any atom is -0.481 e. The molecule has 2 aliphatic rings. The van der Waals surface area contributed by atoms with Crippen LogP contribution in [0.2, 0.25) is 0 Å². The van der Waals surface area contributed by atoms with Crippen LogP contribution in [0, 0.1) is 5.92 Å². The molecular formula is C29H37NO4. The average molecular weight is 464 g/mol. The van der Waals surface area contributed by atoms with Gasteiger partial charge in [0.05, 0.1) is 25.9 Å². The van der Waals surface area contributed by atoms with Gasteiger partial charge in [-0.3, -0.25) is 9.69 Å². The van der Waals surface area contributed by atoms with Gasteiger partial charge in [0.15, 0.2) is 0 Å². The Bertz CT molecular complexity index is 905. The van der Waals surface area contributed by atoms with Crippen molar-refractivity contribution in [2.45, 2.75) is 57.3 Å². The monoisotopic (exact) mass is 463 g/mol. The normalized spacial score (nSPS) is 23.5. The van der Waals surface area contributed by atoms with E-state index in [4.69, 9.17) is 14.6 Å². The van der Waals surface area contributed by atoms with Crippen LogP contribution in [0.3, 0.4) is 0 Å². The van der Waals surface area contributed by atoms with Crippen LogP contribution >= 0.6 is 0 Å². The lowest BCUT2D eigenvalue weighted by atomic mass is 9.94. The van der Waals surface area contributed by atoms with Crippen LogP contribution in [0.25, 0.3) is 11.1 Å². The molecule has 5 heteroatoms. The highest BCUT2D eigenvalue weighted by Gasteiger charge is 2.39. The van der Waals surface area contributed by atoms with Crippen LogP contribution in [0.4, 0.5) is 0 Å². The fourth-order valence-corrected chi connectivity index (χ4v) is 5.32. The van der Waals surface area contributed by atoms with Crippen molar-refractivity contribution in [3.8, 4) is 11.1 Å². The van der Waals surface area contributed by atoms with Crippen molar-refractivity contribution in [2.75, 3.05) is 26.3 Å². The molecule has 0 aromatic heterocycles. The van der Waals surface area contributed by atoms with Gasteiger partial charge in [-0.15, -0.1) is 0 Å². The van der Waals surface area contributed by atoms with Crippen molar-refractivity contribution in [1.29, 1.82) is 0 Å². The molecule has 34 heavy (non-hydrogen) atoms. The summed E-state index contributed by atoms with van der Waals surface area (Å²) in [7, 11) is 0. The molecular weight excluding hydrogens is 426 g/mol. The summed E-state index contributed by atoms with van der Waals surface area (Å²) in [6.45, 7) is 4.28. The van der Waals surface area contributed by atoms with Gasteiger partial charge in [-0.1, -0.05) is 66.7 Å². The Hall–Kier alpha value is -2.47. The summed E-state index contributed by atoms with van der Waals surface area (Å²) in [5.41, 5.74) is 3.67. The van der Waals surface area contributed by atoms with Crippen LogP contribution in [0.1, 0.15) is 44.1 Å². The van der Waals surface area contributed by atoms with Crippen LogP contribution < -0.4 is 0 Å². The van der Waals surface area contributed by atoms with Gasteiger partial charge in [-0.05, 0) is 48.8 Å². The van der Waals surface area contributed by atoms with Crippen LogP contribution in [0.5, 0.6) is 0 Å². The number of hydrogen-bond acceptors (Lipinski definition) is 4. The molecule has 2 aromatic rings. The zero-order valence-corrected chi connectivity index (χ0v) is 20.0. The molecule has 0 bridgehead atoms. The van der Waals surface area contributed by atoms with E-state index in [2.05, 4.69) is 59.5 Å². The van der Waals surface area contributed by atoms with Gasteiger partial charge in [0, 0.05) is 31.5 Å². The molecule has 1 aliphatic carbocycles. The number of benzene rings is 2. The molecule has 1 saturated heterocycles. The molecule has 2 aromatic carbocycles. The number of carboxylic acids is 1. The molecule has 0 amide bonds. The minimum atomic E-state index is -0.738. The van der Waals surface area contributed by atoms with Crippen molar-refractivity contribution in [2.24, 2.45) is 5.92 Å². The van der Waals surface area contributed by atoms with Crippen LogP contribution in [-0.2, 0) is 20.9 Å². The van der Waals surface area contributed by atoms with E-state index in [1.54, 1.807) is 0 Å². The maximum Gasteiger partial charge on any atom is 0.303 e. The third-order valence-corrected chi connectivity index (χ3v) is 7.12. The standard InChI is InChI=1S/C29H37NO4/c31-29(32)11-7-2-1-6-10-26-27(30-18-20-33-21-19-30)16-17-28(26)34-22-23-12-14-25(15-13-23)24-8-4-3-5-9-24/h1-5,8-9,12-15,26-28H,6-7,10-11,16-22H2,(H,31,32)/b2-1+. The van der Waals surface area contributed by atoms with Gasteiger partial charge in [0.25, 0.3) is 0 Å². The fourth-order valence-electron chi connectivity index (χ4n) is 5.32. The van der Waals surface area contributed by atoms with Crippen molar-refractivity contribution in [3.63, 3.8) is 0 Å². The number of nitrogens with zero attached hydrogens (tertiary/aromatic N) is 1. The second-order valence-corrected chi connectivity index (χ2v) is 9.35. The van der Waals surface area contributed by atoms with E-state index in [1.165, 1.54) is 23.1 Å². The second-order valence-electron chi connectivity index (χ2n) is 9.35. The lowest BCUT2D eigenvalue weighted by Crippen LogP contribution is -2.46. The molecule has 1 heterocycles. The van der Waals surface area contributed by atoms with Crippen LogP contribution in [0.15, 0.2) is 66.7 Å². The second kappa shape index (κ2) is 12.8. The molecule has 182 valence electrons. The molecule has 1 aliphatic heterocycles. The molecule has 0 spiro atoms. The van der Waals surface area contributed by atoms with E-state index < -0.39 is 5.97 Å². The Morgan fingerprint density at radius 3 is 2.41 bits per heavy atom. The highest BCUT2D eigenvalue weighted by molar-refractivity contribution is 5.66. The number of rotatable bonds is 11. The van der Waals surface area contributed by atoms with Gasteiger partial charge in [-0.25, -0.2) is 0 Å². The summed E-state index contributed by atoms with van der Waals surface area (Å²) < 4.78 is 12.1. The van der Waals surface area contributed by atoms with E-state index in [-0.39, 0.29) is 12.5 Å². The number of hydrogen-bond donors (Lipinski definition) is 1. The van der Waals surface area contributed by atoms with Gasteiger partial charge >= 0.3 is 5.97 Å². The highest BCUT2D eigenvalue weighted by Crippen LogP contribution is 2.36. The fraction of sp³-hybridized carbons (Fsp3) is 0.483. The molecule has 4 rings (SSSR count). The summed E-state index contributed by atoms with van der Waals surface area (Å²) in [6, 6.07) is 19.7. The molecule has 1 saturated carbocycles. The third-order valence-electron chi connectivity index (χ3n) is 7.12. The van der Waals surface area contributed by atoms with E-state index in [0.717, 1.165) is 45.6 Å². The summed E-state index contributed by atoms with van der Waals surface area (Å²) in [5.74, 6) is -0.246. The summed E-state index contributed by atoms with van der Waals surface area (Å²) >= 11 is 0. The van der Waals surface area contributed by atoms with Gasteiger partial charge < -0.3 is 14.6 Å². The minimum absolute atomic E-state index is 0.200. The highest BCUT2D eigenvalue weighted by atomic mass is 16.5. The predicted octanol–water partition coefficient (Wildman–Crippen LogP) is 5.55. The maximum atomic E-state index is 10.7. The predicted molar refractivity (Wildman–Crippen MR) is 135 cm³/mol. The van der Waals surface area contributed by atoms with E-state index in [0.29, 0.717) is 25.0 Å². The maximum absolute atomic E-state index is 10.7. The Kier molecular flexibility index (Phi) is 9.31. The number of aliphatic carboxylic acids is 1. The van der Waals surface area contributed by atoms with E-state index in [1.807, 2.05) is 12.1 Å². The van der Waals surface area contributed by atoms with Crippen LogP contribution in [-0.4, -0.2) is 54.4 Å². The van der Waals surface area contributed by atoms with E-state index in [9.17, 15) is 4.79 Å².